The number of anilines is 2. The van der Waals surface area contributed by atoms with E-state index < -0.39 is 0 Å². The second-order valence-corrected chi connectivity index (χ2v) is 5.61. The number of hydrogen-bond donors (Lipinski definition) is 2. The molecule has 5 nitrogen and oxygen atoms in total. The Balaban J connectivity index is 2.64. The highest BCUT2D eigenvalue weighted by atomic mass is 16.2. The Labute approximate surface area is 126 Å². The molecule has 0 aromatic heterocycles. The van der Waals surface area contributed by atoms with Crippen LogP contribution in [-0.2, 0) is 4.79 Å². The van der Waals surface area contributed by atoms with Crippen LogP contribution in [0.3, 0.4) is 0 Å². The van der Waals surface area contributed by atoms with E-state index in [-0.39, 0.29) is 12.5 Å². The molecule has 114 valence electrons. The van der Waals surface area contributed by atoms with Crippen molar-refractivity contribution < 1.29 is 4.79 Å². The van der Waals surface area contributed by atoms with Gasteiger partial charge in [0.25, 0.3) is 0 Å². The standard InChI is InChI=1S/C16H24N4O/c1-12(2)10-20(9-5-8-17)11-16(21)19-15-7-4-6-14(18)13(15)3/h4,6-7,12H,5,9-11,18H2,1-3H3,(H,19,21). The van der Waals surface area contributed by atoms with Gasteiger partial charge in [-0.3, -0.25) is 9.69 Å². The van der Waals surface area contributed by atoms with E-state index >= 15 is 0 Å². The van der Waals surface area contributed by atoms with Gasteiger partial charge in [0.2, 0.25) is 5.91 Å². The van der Waals surface area contributed by atoms with E-state index in [0.717, 1.165) is 17.8 Å². The normalized spacial score (nSPS) is 10.7. The molecule has 0 radical (unpaired) electrons. The summed E-state index contributed by atoms with van der Waals surface area (Å²) in [6, 6.07) is 7.59. The van der Waals surface area contributed by atoms with Gasteiger partial charge in [0.05, 0.1) is 12.6 Å². The predicted molar refractivity (Wildman–Crippen MR) is 85.7 cm³/mol. The number of carbonyl (C=O) groups excluding carboxylic acids is 1. The summed E-state index contributed by atoms with van der Waals surface area (Å²) in [5.41, 5.74) is 8.11. The second kappa shape index (κ2) is 8.28. The Morgan fingerprint density at radius 3 is 2.81 bits per heavy atom. The van der Waals surface area contributed by atoms with Gasteiger partial charge in [0.1, 0.15) is 0 Å². The van der Waals surface area contributed by atoms with Crippen molar-refractivity contribution in [1.82, 2.24) is 4.90 Å². The van der Waals surface area contributed by atoms with E-state index in [1.165, 1.54) is 0 Å². The van der Waals surface area contributed by atoms with E-state index in [2.05, 4.69) is 25.2 Å². The third-order valence-electron chi connectivity index (χ3n) is 3.18. The summed E-state index contributed by atoms with van der Waals surface area (Å²) < 4.78 is 0. The van der Waals surface area contributed by atoms with Crippen molar-refractivity contribution in [3.05, 3.63) is 23.8 Å². The average Bonchev–Trinajstić information content (AvgIpc) is 2.40. The molecule has 0 atom stereocenters. The zero-order chi connectivity index (χ0) is 15.8. The molecule has 1 rings (SSSR count). The quantitative estimate of drug-likeness (QED) is 0.755. The van der Waals surface area contributed by atoms with Crippen molar-refractivity contribution >= 4 is 17.3 Å². The van der Waals surface area contributed by atoms with Gasteiger partial charge in [-0.15, -0.1) is 0 Å². The lowest BCUT2D eigenvalue weighted by Crippen LogP contribution is -2.36. The van der Waals surface area contributed by atoms with Crippen molar-refractivity contribution in [2.24, 2.45) is 5.92 Å². The van der Waals surface area contributed by atoms with Gasteiger partial charge in [0.15, 0.2) is 0 Å². The van der Waals surface area contributed by atoms with Crippen LogP contribution in [0, 0.1) is 24.2 Å². The van der Waals surface area contributed by atoms with Crippen molar-refractivity contribution in [2.45, 2.75) is 27.2 Å². The maximum atomic E-state index is 12.2. The molecule has 1 amide bonds. The molecule has 0 heterocycles. The Hall–Kier alpha value is -2.06. The number of nitrogens with one attached hydrogen (secondary N) is 1. The van der Waals surface area contributed by atoms with Crippen molar-refractivity contribution in [1.29, 1.82) is 5.26 Å². The first kappa shape index (κ1) is 17.0. The number of nitrogen functional groups attached to an aromatic ring is 1. The highest BCUT2D eigenvalue weighted by Crippen LogP contribution is 2.20. The number of carbonyl (C=O) groups is 1. The molecule has 0 saturated heterocycles. The highest BCUT2D eigenvalue weighted by molar-refractivity contribution is 5.93. The monoisotopic (exact) mass is 288 g/mol. The van der Waals surface area contributed by atoms with Crippen LogP contribution < -0.4 is 11.1 Å². The molecule has 5 heteroatoms. The summed E-state index contributed by atoms with van der Waals surface area (Å²) >= 11 is 0. The first-order chi connectivity index (χ1) is 9.93. The van der Waals surface area contributed by atoms with Crippen molar-refractivity contribution in [3.8, 4) is 6.07 Å². The predicted octanol–water partition coefficient (Wildman–Crippen LogP) is 2.39. The maximum absolute atomic E-state index is 12.2. The van der Waals surface area contributed by atoms with Gasteiger partial charge >= 0.3 is 0 Å². The summed E-state index contributed by atoms with van der Waals surface area (Å²) in [5, 5.41) is 11.6. The SMILES string of the molecule is Cc1c(N)cccc1NC(=O)CN(CCC#N)CC(C)C. The van der Waals surface area contributed by atoms with E-state index in [9.17, 15) is 4.79 Å². The summed E-state index contributed by atoms with van der Waals surface area (Å²) in [7, 11) is 0. The van der Waals surface area contributed by atoms with Crippen LogP contribution in [-0.4, -0.2) is 30.4 Å². The molecular formula is C16H24N4O. The molecular weight excluding hydrogens is 264 g/mol. The minimum Gasteiger partial charge on any atom is -0.398 e. The molecule has 0 fully saturated rings. The summed E-state index contributed by atoms with van der Waals surface area (Å²) in [6.07, 6.45) is 0.428. The Morgan fingerprint density at radius 2 is 2.19 bits per heavy atom. The number of hydrogen-bond acceptors (Lipinski definition) is 4. The number of nitriles is 1. The third-order valence-corrected chi connectivity index (χ3v) is 3.18. The van der Waals surface area contributed by atoms with Crippen LogP contribution in [0.2, 0.25) is 0 Å². The zero-order valence-corrected chi connectivity index (χ0v) is 13.0. The van der Waals surface area contributed by atoms with Crippen LogP contribution >= 0.6 is 0 Å². The van der Waals surface area contributed by atoms with Crippen molar-refractivity contribution in [3.63, 3.8) is 0 Å². The lowest BCUT2D eigenvalue weighted by Gasteiger charge is -2.22. The fourth-order valence-corrected chi connectivity index (χ4v) is 2.14. The summed E-state index contributed by atoms with van der Waals surface area (Å²) in [5.74, 6) is 0.368. The minimum absolute atomic E-state index is 0.0812. The minimum atomic E-state index is -0.0812. The molecule has 0 aliphatic rings. The fourth-order valence-electron chi connectivity index (χ4n) is 2.14. The molecule has 21 heavy (non-hydrogen) atoms. The first-order valence-electron chi connectivity index (χ1n) is 7.18. The summed E-state index contributed by atoms with van der Waals surface area (Å²) in [6.45, 7) is 7.77. The molecule has 1 aromatic carbocycles. The number of rotatable bonds is 7. The van der Waals surface area contributed by atoms with Crippen molar-refractivity contribution in [2.75, 3.05) is 30.7 Å². The molecule has 0 spiro atoms. The van der Waals surface area contributed by atoms with Crippen LogP contribution in [0.1, 0.15) is 25.8 Å². The molecule has 0 unspecified atom stereocenters. The number of nitrogens with two attached hydrogens (primary N) is 1. The number of benzene rings is 1. The third kappa shape index (κ3) is 5.84. The Morgan fingerprint density at radius 1 is 1.48 bits per heavy atom. The smallest absolute Gasteiger partial charge is 0.238 e. The van der Waals surface area contributed by atoms with E-state index in [4.69, 9.17) is 11.0 Å². The molecule has 0 aliphatic carbocycles. The average molecular weight is 288 g/mol. The van der Waals surface area contributed by atoms with Crippen LogP contribution in [0.5, 0.6) is 0 Å². The lowest BCUT2D eigenvalue weighted by atomic mass is 10.1. The molecule has 1 aromatic rings. The second-order valence-electron chi connectivity index (χ2n) is 5.61. The maximum Gasteiger partial charge on any atom is 0.238 e. The molecule has 0 bridgehead atoms. The fraction of sp³-hybridized carbons (Fsp3) is 0.500. The Bertz CT molecular complexity index is 519. The van der Waals surface area contributed by atoms with Crippen LogP contribution in [0.4, 0.5) is 11.4 Å². The largest absolute Gasteiger partial charge is 0.398 e. The lowest BCUT2D eigenvalue weighted by molar-refractivity contribution is -0.117. The van der Waals surface area contributed by atoms with Gasteiger partial charge in [-0.2, -0.15) is 5.26 Å². The van der Waals surface area contributed by atoms with Crippen LogP contribution in [0.15, 0.2) is 18.2 Å². The van der Waals surface area contributed by atoms with Gasteiger partial charge in [0, 0.05) is 30.9 Å². The van der Waals surface area contributed by atoms with E-state index in [1.54, 1.807) is 0 Å². The van der Waals surface area contributed by atoms with Gasteiger partial charge in [-0.25, -0.2) is 0 Å². The van der Waals surface area contributed by atoms with Gasteiger partial charge in [-0.05, 0) is 30.5 Å². The van der Waals surface area contributed by atoms with Gasteiger partial charge in [-0.1, -0.05) is 19.9 Å². The highest BCUT2D eigenvalue weighted by Gasteiger charge is 2.13. The zero-order valence-electron chi connectivity index (χ0n) is 13.0. The molecule has 0 aliphatic heterocycles. The molecule has 3 N–H and O–H groups in total. The van der Waals surface area contributed by atoms with E-state index in [0.29, 0.717) is 24.6 Å². The number of amides is 1. The number of nitrogens with zero attached hydrogens (tertiary/aromatic N) is 2. The van der Waals surface area contributed by atoms with Gasteiger partial charge < -0.3 is 11.1 Å². The Kier molecular flexibility index (Phi) is 6.70. The molecule has 0 saturated carbocycles. The topological polar surface area (TPSA) is 82.2 Å². The van der Waals surface area contributed by atoms with Crippen LogP contribution in [0.25, 0.3) is 0 Å². The van der Waals surface area contributed by atoms with E-state index in [1.807, 2.05) is 30.0 Å². The first-order valence-corrected chi connectivity index (χ1v) is 7.18. The summed E-state index contributed by atoms with van der Waals surface area (Å²) in [4.78, 5) is 14.2.